The second-order valence-corrected chi connectivity index (χ2v) is 6.15. The van der Waals surface area contributed by atoms with E-state index in [0.717, 1.165) is 11.3 Å². The van der Waals surface area contributed by atoms with Crippen molar-refractivity contribution in [1.82, 2.24) is 9.78 Å². The average molecular weight is 376 g/mol. The topological polar surface area (TPSA) is 89.2 Å². The van der Waals surface area contributed by atoms with Crippen LogP contribution in [-0.2, 0) is 4.74 Å². The Bertz CT molecular complexity index is 1080. The van der Waals surface area contributed by atoms with Gasteiger partial charge >= 0.3 is 5.97 Å². The minimum absolute atomic E-state index is 0.293. The summed E-state index contributed by atoms with van der Waals surface area (Å²) >= 11 is 0. The van der Waals surface area contributed by atoms with Crippen molar-refractivity contribution >= 4 is 17.5 Å². The summed E-state index contributed by atoms with van der Waals surface area (Å²) in [6, 6.07) is 14.9. The number of rotatable bonds is 5. The smallest absolute Gasteiger partial charge is 0.340 e. The predicted octanol–water partition coefficient (Wildman–Crippen LogP) is 3.90. The zero-order valence-corrected chi connectivity index (χ0v) is 16.1. The molecule has 0 aliphatic heterocycles. The number of benzene rings is 2. The van der Waals surface area contributed by atoms with Gasteiger partial charge in [0.1, 0.15) is 17.4 Å². The Hall–Kier alpha value is -3.79. The normalized spacial score (nSPS) is 10.2. The number of carbonyl (C=O) groups excluding carboxylic acids is 1. The summed E-state index contributed by atoms with van der Waals surface area (Å²) in [7, 11) is 2.84. The number of anilines is 2. The largest absolute Gasteiger partial charge is 0.497 e. The van der Waals surface area contributed by atoms with E-state index in [9.17, 15) is 10.1 Å². The number of nitriles is 1. The molecule has 2 aromatic carbocycles. The van der Waals surface area contributed by atoms with Gasteiger partial charge in [-0.2, -0.15) is 10.4 Å². The highest BCUT2D eigenvalue weighted by Gasteiger charge is 2.21. The van der Waals surface area contributed by atoms with Gasteiger partial charge < -0.3 is 14.8 Å². The number of aromatic nitrogens is 2. The van der Waals surface area contributed by atoms with Gasteiger partial charge in [0.2, 0.25) is 0 Å². The maximum absolute atomic E-state index is 12.3. The van der Waals surface area contributed by atoms with E-state index >= 15 is 0 Å². The van der Waals surface area contributed by atoms with Gasteiger partial charge in [-0.1, -0.05) is 18.2 Å². The molecule has 0 saturated carbocycles. The van der Waals surface area contributed by atoms with Crippen LogP contribution in [-0.4, -0.2) is 30.0 Å². The molecule has 1 aromatic heterocycles. The van der Waals surface area contributed by atoms with E-state index in [-0.39, 0.29) is 0 Å². The summed E-state index contributed by atoms with van der Waals surface area (Å²) in [4.78, 5) is 12.3. The molecule has 0 amide bonds. The Labute approximate surface area is 163 Å². The minimum atomic E-state index is -0.515. The SMILES string of the molecule is COC(=O)c1cc(OC)ccc1Nc1c(C#N)c(C)nn1-c1ccccc1C. The van der Waals surface area contributed by atoms with Gasteiger partial charge in [-0.25, -0.2) is 9.48 Å². The number of para-hydroxylation sites is 1. The quantitative estimate of drug-likeness (QED) is 0.679. The lowest BCUT2D eigenvalue weighted by Crippen LogP contribution is -2.09. The third kappa shape index (κ3) is 3.40. The van der Waals surface area contributed by atoms with Crippen LogP contribution in [0.5, 0.6) is 5.75 Å². The van der Waals surface area contributed by atoms with Crippen LogP contribution in [0.15, 0.2) is 42.5 Å². The molecule has 0 atom stereocenters. The number of ether oxygens (including phenoxy) is 2. The van der Waals surface area contributed by atoms with Gasteiger partial charge in [-0.05, 0) is 43.7 Å². The number of carbonyl (C=O) groups is 1. The van der Waals surface area contributed by atoms with E-state index in [1.165, 1.54) is 14.2 Å². The average Bonchev–Trinajstić information content (AvgIpc) is 3.02. The fourth-order valence-electron chi connectivity index (χ4n) is 2.92. The van der Waals surface area contributed by atoms with Crippen molar-refractivity contribution in [3.63, 3.8) is 0 Å². The summed E-state index contributed by atoms with van der Waals surface area (Å²) < 4.78 is 11.8. The van der Waals surface area contributed by atoms with Crippen LogP contribution in [0.1, 0.15) is 27.2 Å². The number of esters is 1. The van der Waals surface area contributed by atoms with Crippen LogP contribution < -0.4 is 10.1 Å². The first-order valence-electron chi connectivity index (χ1n) is 8.59. The molecular formula is C21H20N4O3. The molecule has 0 radical (unpaired) electrons. The highest BCUT2D eigenvalue weighted by molar-refractivity contribution is 5.97. The zero-order chi connectivity index (χ0) is 20.3. The van der Waals surface area contributed by atoms with Crippen molar-refractivity contribution in [3.8, 4) is 17.5 Å². The summed E-state index contributed by atoms with van der Waals surface area (Å²) in [5, 5.41) is 17.4. The van der Waals surface area contributed by atoms with Crippen molar-refractivity contribution in [2.75, 3.05) is 19.5 Å². The van der Waals surface area contributed by atoms with Crippen molar-refractivity contribution in [3.05, 3.63) is 64.8 Å². The fourth-order valence-corrected chi connectivity index (χ4v) is 2.92. The molecule has 142 valence electrons. The summed E-state index contributed by atoms with van der Waals surface area (Å²) in [5.41, 5.74) is 3.60. The Morgan fingerprint density at radius 1 is 1.18 bits per heavy atom. The lowest BCUT2D eigenvalue weighted by molar-refractivity contribution is 0.0601. The van der Waals surface area contributed by atoms with Crippen molar-refractivity contribution in [2.24, 2.45) is 0 Å². The predicted molar refractivity (Wildman–Crippen MR) is 105 cm³/mol. The van der Waals surface area contributed by atoms with Gasteiger partial charge in [0, 0.05) is 0 Å². The van der Waals surface area contributed by atoms with E-state index in [4.69, 9.17) is 9.47 Å². The Morgan fingerprint density at radius 3 is 2.57 bits per heavy atom. The number of hydrogen-bond acceptors (Lipinski definition) is 6. The molecule has 3 aromatic rings. The highest BCUT2D eigenvalue weighted by Crippen LogP contribution is 2.31. The molecule has 0 fully saturated rings. The van der Waals surface area contributed by atoms with Crippen molar-refractivity contribution in [2.45, 2.75) is 13.8 Å². The Balaban J connectivity index is 2.17. The monoisotopic (exact) mass is 376 g/mol. The number of nitrogens with zero attached hydrogens (tertiary/aromatic N) is 3. The molecule has 7 heteroatoms. The number of hydrogen-bond donors (Lipinski definition) is 1. The minimum Gasteiger partial charge on any atom is -0.497 e. The van der Waals surface area contributed by atoms with Crippen molar-refractivity contribution < 1.29 is 14.3 Å². The molecule has 0 unspecified atom stereocenters. The Kier molecular flexibility index (Phi) is 5.32. The number of methoxy groups -OCH3 is 2. The van der Waals surface area contributed by atoms with Crippen LogP contribution in [0.25, 0.3) is 5.69 Å². The van der Waals surface area contributed by atoms with Crippen LogP contribution in [0.2, 0.25) is 0 Å². The van der Waals surface area contributed by atoms with Crippen LogP contribution >= 0.6 is 0 Å². The molecule has 7 nitrogen and oxygen atoms in total. The third-order valence-electron chi connectivity index (χ3n) is 4.40. The van der Waals surface area contributed by atoms with Gasteiger partial charge in [-0.15, -0.1) is 0 Å². The van der Waals surface area contributed by atoms with E-state index < -0.39 is 5.97 Å². The van der Waals surface area contributed by atoms with Gasteiger partial charge in [0.05, 0.1) is 36.9 Å². The summed E-state index contributed by atoms with van der Waals surface area (Å²) in [6.07, 6.45) is 0. The summed E-state index contributed by atoms with van der Waals surface area (Å²) in [6.45, 7) is 3.74. The third-order valence-corrected chi connectivity index (χ3v) is 4.40. The van der Waals surface area contributed by atoms with Gasteiger partial charge in [0.15, 0.2) is 5.82 Å². The van der Waals surface area contributed by atoms with Crippen LogP contribution in [0.3, 0.4) is 0 Å². The molecule has 1 heterocycles. The number of aryl methyl sites for hydroxylation is 2. The van der Waals surface area contributed by atoms with E-state index in [0.29, 0.717) is 34.1 Å². The second kappa shape index (κ2) is 7.84. The molecule has 3 rings (SSSR count). The van der Waals surface area contributed by atoms with Gasteiger partial charge in [0.25, 0.3) is 0 Å². The van der Waals surface area contributed by atoms with E-state index in [1.807, 2.05) is 31.2 Å². The molecule has 0 aliphatic rings. The standard InChI is InChI=1S/C21H20N4O3/c1-13-7-5-6-8-19(13)25-20(17(12-22)14(2)24-25)23-18-10-9-15(27-3)11-16(18)21(26)28-4/h5-11,23H,1-4H3. The first-order valence-corrected chi connectivity index (χ1v) is 8.59. The first kappa shape index (κ1) is 19.0. The molecule has 0 spiro atoms. The highest BCUT2D eigenvalue weighted by atomic mass is 16.5. The Morgan fingerprint density at radius 2 is 1.93 bits per heavy atom. The second-order valence-electron chi connectivity index (χ2n) is 6.15. The molecule has 0 aliphatic carbocycles. The molecular weight excluding hydrogens is 356 g/mol. The maximum Gasteiger partial charge on any atom is 0.340 e. The fraction of sp³-hybridized carbons (Fsp3) is 0.190. The summed E-state index contributed by atoms with van der Waals surface area (Å²) in [5.74, 6) is 0.484. The van der Waals surface area contributed by atoms with Crippen LogP contribution in [0.4, 0.5) is 11.5 Å². The van der Waals surface area contributed by atoms with E-state index in [2.05, 4.69) is 16.5 Å². The molecule has 28 heavy (non-hydrogen) atoms. The molecule has 1 N–H and O–H groups in total. The molecule has 0 saturated heterocycles. The van der Waals surface area contributed by atoms with Crippen LogP contribution in [0, 0.1) is 25.2 Å². The maximum atomic E-state index is 12.3. The first-order chi connectivity index (χ1) is 13.5. The lowest BCUT2D eigenvalue weighted by atomic mass is 10.1. The van der Waals surface area contributed by atoms with E-state index in [1.54, 1.807) is 29.8 Å². The van der Waals surface area contributed by atoms with Crippen molar-refractivity contribution in [1.29, 1.82) is 5.26 Å². The zero-order valence-electron chi connectivity index (χ0n) is 16.1. The molecule has 0 bridgehead atoms. The lowest BCUT2D eigenvalue weighted by Gasteiger charge is -2.15. The number of nitrogens with one attached hydrogen (secondary N) is 1. The van der Waals surface area contributed by atoms with Gasteiger partial charge in [-0.3, -0.25) is 0 Å².